The number of hydrazone groups is 1. The van der Waals surface area contributed by atoms with Gasteiger partial charge in [-0.2, -0.15) is 5.10 Å². The van der Waals surface area contributed by atoms with Gasteiger partial charge in [-0.15, -0.1) is 0 Å². The van der Waals surface area contributed by atoms with Crippen LogP contribution in [0.15, 0.2) is 64.5 Å². The molecule has 3 N–H and O–H groups in total. The van der Waals surface area contributed by atoms with Crippen molar-refractivity contribution in [1.29, 1.82) is 0 Å². The summed E-state index contributed by atoms with van der Waals surface area (Å²) in [7, 11) is 0. The summed E-state index contributed by atoms with van der Waals surface area (Å²) >= 11 is 0. The van der Waals surface area contributed by atoms with E-state index in [0.717, 1.165) is 5.69 Å². The van der Waals surface area contributed by atoms with Crippen molar-refractivity contribution in [3.05, 3.63) is 70.5 Å². The van der Waals surface area contributed by atoms with Crippen molar-refractivity contribution in [2.75, 3.05) is 0 Å². The summed E-state index contributed by atoms with van der Waals surface area (Å²) < 4.78 is 1.55. The molecule has 110 valence electrons. The highest BCUT2D eigenvalue weighted by atomic mass is 16.3. The minimum Gasteiger partial charge on any atom is -0.506 e. The van der Waals surface area contributed by atoms with Crippen LogP contribution >= 0.6 is 0 Å². The molecule has 0 radical (unpaired) electrons. The van der Waals surface area contributed by atoms with Gasteiger partial charge in [0.05, 0.1) is 11.2 Å². The van der Waals surface area contributed by atoms with E-state index in [4.69, 9.17) is 5.84 Å². The van der Waals surface area contributed by atoms with Gasteiger partial charge in [0, 0.05) is 11.1 Å². The van der Waals surface area contributed by atoms with E-state index in [-0.39, 0.29) is 22.6 Å². The molecular formula is C17H15N3O2. The second-order valence-electron chi connectivity index (χ2n) is 4.93. The summed E-state index contributed by atoms with van der Waals surface area (Å²) in [6, 6.07) is 16.4. The Balaban J connectivity index is 2.54. The molecule has 0 aliphatic heterocycles. The third-order valence-corrected chi connectivity index (χ3v) is 3.62. The van der Waals surface area contributed by atoms with Gasteiger partial charge < -0.3 is 10.9 Å². The predicted molar refractivity (Wildman–Crippen MR) is 87.6 cm³/mol. The fraction of sp³-hybridized carbons (Fsp3) is 0.0588. The Morgan fingerprint density at radius 2 is 1.73 bits per heavy atom. The van der Waals surface area contributed by atoms with Crippen LogP contribution in [-0.2, 0) is 0 Å². The molecule has 0 fully saturated rings. The number of rotatable bonds is 2. The molecule has 0 unspecified atom stereocenters. The maximum Gasteiger partial charge on any atom is 0.268 e. The molecule has 3 rings (SSSR count). The fourth-order valence-electron chi connectivity index (χ4n) is 2.55. The molecule has 5 nitrogen and oxygen atoms in total. The zero-order chi connectivity index (χ0) is 15.7. The minimum absolute atomic E-state index is 0.0977. The molecule has 0 aliphatic rings. The number of pyridine rings is 1. The molecule has 5 heteroatoms. The first-order chi connectivity index (χ1) is 10.6. The monoisotopic (exact) mass is 293 g/mol. The van der Waals surface area contributed by atoms with Gasteiger partial charge in [-0.05, 0) is 31.2 Å². The van der Waals surface area contributed by atoms with Crippen LogP contribution in [0.5, 0.6) is 5.75 Å². The smallest absolute Gasteiger partial charge is 0.268 e. The molecule has 0 atom stereocenters. The zero-order valence-electron chi connectivity index (χ0n) is 12.0. The molecule has 0 saturated carbocycles. The average Bonchev–Trinajstić information content (AvgIpc) is 2.56. The number of para-hydroxylation sites is 2. The van der Waals surface area contributed by atoms with Crippen molar-refractivity contribution >= 4 is 16.6 Å². The van der Waals surface area contributed by atoms with Crippen LogP contribution in [-0.4, -0.2) is 15.4 Å². The molecule has 0 spiro atoms. The lowest BCUT2D eigenvalue weighted by Crippen LogP contribution is -2.25. The van der Waals surface area contributed by atoms with Gasteiger partial charge in [-0.3, -0.25) is 9.36 Å². The standard InChI is InChI=1S/C17H15N3O2/c1-11(19-18)15-16(21)13-9-5-6-10-14(13)20(17(15)22)12-7-3-2-4-8-12/h2-10,21H,18H2,1H3. The molecule has 2 aromatic carbocycles. The first-order valence-electron chi connectivity index (χ1n) is 6.82. The molecular weight excluding hydrogens is 278 g/mol. The van der Waals surface area contributed by atoms with Crippen LogP contribution in [0.2, 0.25) is 0 Å². The average molecular weight is 293 g/mol. The van der Waals surface area contributed by atoms with Crippen molar-refractivity contribution in [2.24, 2.45) is 10.9 Å². The van der Waals surface area contributed by atoms with Crippen molar-refractivity contribution in [1.82, 2.24) is 4.57 Å². The summed E-state index contributed by atoms with van der Waals surface area (Å²) in [6.07, 6.45) is 0. The lowest BCUT2D eigenvalue weighted by molar-refractivity contribution is 0.478. The lowest BCUT2D eigenvalue weighted by atomic mass is 10.1. The topological polar surface area (TPSA) is 80.6 Å². The highest BCUT2D eigenvalue weighted by molar-refractivity contribution is 6.05. The second-order valence-corrected chi connectivity index (χ2v) is 4.93. The predicted octanol–water partition coefficient (Wildman–Crippen LogP) is 2.38. The zero-order valence-corrected chi connectivity index (χ0v) is 12.0. The summed E-state index contributed by atoms with van der Waals surface area (Å²) in [5.41, 5.74) is 1.40. The number of nitrogens with two attached hydrogens (primary N) is 1. The Morgan fingerprint density at radius 1 is 1.09 bits per heavy atom. The Kier molecular flexibility index (Phi) is 3.39. The first-order valence-corrected chi connectivity index (χ1v) is 6.82. The Morgan fingerprint density at radius 3 is 2.41 bits per heavy atom. The van der Waals surface area contributed by atoms with Crippen LogP contribution in [0.3, 0.4) is 0 Å². The van der Waals surface area contributed by atoms with Crippen LogP contribution in [0, 0.1) is 0 Å². The number of fused-ring (bicyclic) bond motifs is 1. The summed E-state index contributed by atoms with van der Waals surface area (Å²) in [5.74, 6) is 5.21. The minimum atomic E-state index is -0.353. The molecule has 0 amide bonds. The molecule has 1 aromatic heterocycles. The molecule has 3 aromatic rings. The largest absolute Gasteiger partial charge is 0.506 e. The van der Waals surface area contributed by atoms with E-state index in [1.54, 1.807) is 29.7 Å². The van der Waals surface area contributed by atoms with Gasteiger partial charge in [0.25, 0.3) is 5.56 Å². The van der Waals surface area contributed by atoms with Crippen molar-refractivity contribution in [3.8, 4) is 11.4 Å². The van der Waals surface area contributed by atoms with Gasteiger partial charge >= 0.3 is 0 Å². The number of benzene rings is 2. The molecule has 1 heterocycles. The summed E-state index contributed by atoms with van der Waals surface area (Å²) in [4.78, 5) is 12.9. The first kappa shape index (κ1) is 13.9. The van der Waals surface area contributed by atoms with Crippen LogP contribution in [0.25, 0.3) is 16.6 Å². The Hall–Kier alpha value is -3.08. The lowest BCUT2D eigenvalue weighted by Gasteiger charge is -2.14. The van der Waals surface area contributed by atoms with E-state index in [1.165, 1.54) is 0 Å². The van der Waals surface area contributed by atoms with Gasteiger partial charge in [-0.25, -0.2) is 0 Å². The van der Waals surface area contributed by atoms with E-state index < -0.39 is 0 Å². The molecule has 22 heavy (non-hydrogen) atoms. The highest BCUT2D eigenvalue weighted by Gasteiger charge is 2.18. The summed E-state index contributed by atoms with van der Waals surface area (Å²) in [6.45, 7) is 1.60. The SMILES string of the molecule is CC(=NN)c1c(O)c2ccccc2n(-c2ccccc2)c1=O. The van der Waals surface area contributed by atoms with E-state index >= 15 is 0 Å². The van der Waals surface area contributed by atoms with E-state index in [0.29, 0.717) is 10.9 Å². The summed E-state index contributed by atoms with van der Waals surface area (Å²) in [5, 5.41) is 14.6. The number of hydrogen-bond donors (Lipinski definition) is 2. The van der Waals surface area contributed by atoms with Crippen molar-refractivity contribution in [3.63, 3.8) is 0 Å². The van der Waals surface area contributed by atoms with Crippen LogP contribution < -0.4 is 11.4 Å². The van der Waals surface area contributed by atoms with Gasteiger partial charge in [0.2, 0.25) is 0 Å². The number of aromatic hydroxyl groups is 1. The molecule has 0 aliphatic carbocycles. The maximum absolute atomic E-state index is 12.9. The number of aromatic nitrogens is 1. The quantitative estimate of drug-likeness (QED) is 0.432. The van der Waals surface area contributed by atoms with Crippen LogP contribution in [0.4, 0.5) is 0 Å². The Labute approximate surface area is 126 Å². The third kappa shape index (κ3) is 2.03. The maximum atomic E-state index is 12.9. The molecule has 0 saturated heterocycles. The van der Waals surface area contributed by atoms with Crippen molar-refractivity contribution in [2.45, 2.75) is 6.92 Å². The third-order valence-electron chi connectivity index (χ3n) is 3.62. The Bertz CT molecular complexity index is 928. The van der Waals surface area contributed by atoms with E-state index in [1.807, 2.05) is 36.4 Å². The fourth-order valence-corrected chi connectivity index (χ4v) is 2.55. The van der Waals surface area contributed by atoms with Gasteiger partial charge in [0.1, 0.15) is 11.3 Å². The molecule has 0 bridgehead atoms. The number of hydrogen-bond acceptors (Lipinski definition) is 4. The number of nitrogens with zero attached hydrogens (tertiary/aromatic N) is 2. The van der Waals surface area contributed by atoms with Gasteiger partial charge in [-0.1, -0.05) is 30.3 Å². The van der Waals surface area contributed by atoms with E-state index in [2.05, 4.69) is 5.10 Å². The highest BCUT2D eigenvalue weighted by Crippen LogP contribution is 2.28. The van der Waals surface area contributed by atoms with Crippen molar-refractivity contribution < 1.29 is 5.11 Å². The normalized spacial score (nSPS) is 11.8. The second kappa shape index (κ2) is 5.37. The van der Waals surface area contributed by atoms with Gasteiger partial charge in [0.15, 0.2) is 0 Å². The van der Waals surface area contributed by atoms with Crippen LogP contribution in [0.1, 0.15) is 12.5 Å². The van der Waals surface area contributed by atoms with E-state index in [9.17, 15) is 9.90 Å².